The van der Waals surface area contributed by atoms with Crippen molar-refractivity contribution in [2.75, 3.05) is 0 Å². The highest BCUT2D eigenvalue weighted by Gasteiger charge is 2.24. The zero-order valence-corrected chi connectivity index (χ0v) is 6.26. The van der Waals surface area contributed by atoms with Gasteiger partial charge in [-0.25, -0.2) is 5.11 Å². The van der Waals surface area contributed by atoms with Crippen LogP contribution in [0.2, 0.25) is 0 Å². The Balaban J connectivity index is 2.35. The summed E-state index contributed by atoms with van der Waals surface area (Å²) in [4.78, 5) is 0. The summed E-state index contributed by atoms with van der Waals surface area (Å²) in [5.74, 6) is 1.12. The molecule has 3 atom stereocenters. The first kappa shape index (κ1) is 7.07. The van der Waals surface area contributed by atoms with E-state index in [0.717, 1.165) is 12.8 Å². The summed E-state index contributed by atoms with van der Waals surface area (Å²) < 4.78 is 0. The average Bonchev–Trinajstić information content (AvgIpc) is 1.80. The van der Waals surface area contributed by atoms with Crippen molar-refractivity contribution in [2.24, 2.45) is 11.8 Å². The van der Waals surface area contributed by atoms with E-state index in [2.05, 4.69) is 13.8 Å². The molecular weight excluding hydrogens is 112 g/mol. The van der Waals surface area contributed by atoms with Crippen LogP contribution in [0.5, 0.6) is 0 Å². The van der Waals surface area contributed by atoms with Crippen molar-refractivity contribution in [3.05, 3.63) is 0 Å². The van der Waals surface area contributed by atoms with Gasteiger partial charge in [0.25, 0.3) is 0 Å². The van der Waals surface area contributed by atoms with Crippen LogP contribution in [0, 0.1) is 11.8 Å². The van der Waals surface area contributed by atoms with Crippen molar-refractivity contribution in [1.29, 1.82) is 0 Å². The van der Waals surface area contributed by atoms with Gasteiger partial charge in [0.1, 0.15) is 0 Å². The third kappa shape index (κ3) is 1.68. The zero-order chi connectivity index (χ0) is 6.85. The molecule has 3 unspecified atom stereocenters. The molecule has 0 heterocycles. The first-order valence-electron chi connectivity index (χ1n) is 3.86. The maximum atomic E-state index is 11.1. The molecule has 1 fully saturated rings. The van der Waals surface area contributed by atoms with Crippen molar-refractivity contribution < 1.29 is 5.11 Å². The van der Waals surface area contributed by atoms with E-state index in [1.807, 2.05) is 0 Å². The molecule has 1 aliphatic carbocycles. The lowest BCUT2D eigenvalue weighted by Gasteiger charge is -2.26. The van der Waals surface area contributed by atoms with Gasteiger partial charge in [-0.1, -0.05) is 20.3 Å². The second-order valence-corrected chi connectivity index (χ2v) is 3.43. The third-order valence-corrected chi connectivity index (χ3v) is 2.38. The highest BCUT2D eigenvalue weighted by atomic mass is 16.3. The average molecular weight is 127 g/mol. The van der Waals surface area contributed by atoms with Gasteiger partial charge in [0.05, 0.1) is 6.10 Å². The topological polar surface area (TPSA) is 19.9 Å². The maximum absolute atomic E-state index is 11.1. The van der Waals surface area contributed by atoms with E-state index in [1.165, 1.54) is 6.42 Å². The molecule has 0 aromatic carbocycles. The third-order valence-electron chi connectivity index (χ3n) is 2.38. The van der Waals surface area contributed by atoms with Gasteiger partial charge < -0.3 is 0 Å². The van der Waals surface area contributed by atoms with Gasteiger partial charge in [0.2, 0.25) is 0 Å². The Morgan fingerprint density at radius 1 is 1.22 bits per heavy atom. The fourth-order valence-electron chi connectivity index (χ4n) is 1.48. The normalized spacial score (nSPS) is 45.0. The summed E-state index contributed by atoms with van der Waals surface area (Å²) >= 11 is 0. The van der Waals surface area contributed by atoms with Crippen LogP contribution in [-0.4, -0.2) is 6.10 Å². The van der Waals surface area contributed by atoms with E-state index in [-0.39, 0.29) is 6.10 Å². The van der Waals surface area contributed by atoms with Crippen molar-refractivity contribution in [1.82, 2.24) is 0 Å². The lowest BCUT2D eigenvalue weighted by atomic mass is 9.82. The Kier molecular flexibility index (Phi) is 2.12. The fraction of sp³-hybridized carbons (Fsp3) is 1.00. The molecule has 1 saturated carbocycles. The van der Waals surface area contributed by atoms with Crippen LogP contribution in [0.25, 0.3) is 0 Å². The molecule has 1 heteroatoms. The zero-order valence-electron chi connectivity index (χ0n) is 6.26. The lowest BCUT2D eigenvalue weighted by molar-refractivity contribution is -0.000445. The molecule has 0 bridgehead atoms. The van der Waals surface area contributed by atoms with Crippen LogP contribution in [0.15, 0.2) is 0 Å². The van der Waals surface area contributed by atoms with Gasteiger partial charge in [-0.3, -0.25) is 0 Å². The first-order valence-corrected chi connectivity index (χ1v) is 3.86. The smallest absolute Gasteiger partial charge is 0.0958 e. The molecule has 1 rings (SSSR count). The standard InChI is InChI=1S/C8H15O/c1-6-3-4-7(2)8(9)5-6/h6-8H,3-5H2,1-2H3. The number of hydrogen-bond acceptors (Lipinski definition) is 0. The first-order chi connectivity index (χ1) is 4.20. The molecule has 0 N–H and O–H groups in total. The number of hydrogen-bond donors (Lipinski definition) is 0. The van der Waals surface area contributed by atoms with Gasteiger partial charge in [0, 0.05) is 0 Å². The highest BCUT2D eigenvalue weighted by molar-refractivity contribution is 4.74. The van der Waals surface area contributed by atoms with E-state index >= 15 is 0 Å². The van der Waals surface area contributed by atoms with Crippen LogP contribution >= 0.6 is 0 Å². The Bertz CT molecular complexity index is 90.6. The second-order valence-electron chi connectivity index (χ2n) is 3.43. The SMILES string of the molecule is CC1CCC(C)C([O])C1. The van der Waals surface area contributed by atoms with Gasteiger partial charge in [-0.15, -0.1) is 0 Å². The molecule has 1 aliphatic rings. The van der Waals surface area contributed by atoms with Crippen LogP contribution < -0.4 is 0 Å². The van der Waals surface area contributed by atoms with Crippen molar-refractivity contribution in [3.8, 4) is 0 Å². The van der Waals surface area contributed by atoms with Crippen molar-refractivity contribution >= 4 is 0 Å². The maximum Gasteiger partial charge on any atom is 0.0958 e. The molecule has 0 aromatic rings. The van der Waals surface area contributed by atoms with Gasteiger partial charge in [0.15, 0.2) is 0 Å². The molecule has 1 nitrogen and oxygen atoms in total. The van der Waals surface area contributed by atoms with Crippen molar-refractivity contribution in [3.63, 3.8) is 0 Å². The quantitative estimate of drug-likeness (QED) is 0.475. The Labute approximate surface area is 57.1 Å². The van der Waals surface area contributed by atoms with Crippen LogP contribution in [-0.2, 0) is 5.11 Å². The van der Waals surface area contributed by atoms with Crippen molar-refractivity contribution in [2.45, 2.75) is 39.2 Å². The van der Waals surface area contributed by atoms with Gasteiger partial charge in [-0.05, 0) is 24.7 Å². The van der Waals surface area contributed by atoms with E-state index in [4.69, 9.17) is 0 Å². The van der Waals surface area contributed by atoms with E-state index in [1.54, 1.807) is 0 Å². The molecule has 0 saturated heterocycles. The highest BCUT2D eigenvalue weighted by Crippen LogP contribution is 2.28. The molecule has 0 spiro atoms. The Hall–Kier alpha value is -0.0400. The second kappa shape index (κ2) is 2.70. The van der Waals surface area contributed by atoms with E-state index < -0.39 is 0 Å². The summed E-state index contributed by atoms with van der Waals surface area (Å²) in [5, 5.41) is 11.1. The van der Waals surface area contributed by atoms with Gasteiger partial charge in [-0.2, -0.15) is 0 Å². The predicted octanol–water partition coefficient (Wildman–Crippen LogP) is 2.24. The lowest BCUT2D eigenvalue weighted by Crippen LogP contribution is -2.24. The molecule has 9 heavy (non-hydrogen) atoms. The Morgan fingerprint density at radius 3 is 2.33 bits per heavy atom. The summed E-state index contributed by atoms with van der Waals surface area (Å²) in [5.41, 5.74) is 0. The minimum atomic E-state index is -0.270. The molecule has 0 aromatic heterocycles. The minimum Gasteiger partial charge on any atom is -0.233 e. The van der Waals surface area contributed by atoms with Crippen LogP contribution in [0.4, 0.5) is 0 Å². The summed E-state index contributed by atoms with van der Waals surface area (Å²) in [6.07, 6.45) is 3.05. The molecule has 1 radical (unpaired) electrons. The monoisotopic (exact) mass is 127 g/mol. The van der Waals surface area contributed by atoms with Crippen LogP contribution in [0.1, 0.15) is 33.1 Å². The summed E-state index contributed by atoms with van der Waals surface area (Å²) in [6.45, 7) is 4.25. The molecule has 0 aliphatic heterocycles. The molecule has 53 valence electrons. The van der Waals surface area contributed by atoms with E-state index in [0.29, 0.717) is 11.8 Å². The van der Waals surface area contributed by atoms with Gasteiger partial charge >= 0.3 is 0 Å². The largest absolute Gasteiger partial charge is 0.233 e. The minimum absolute atomic E-state index is 0.270. The Morgan fingerprint density at radius 2 is 1.89 bits per heavy atom. The molecular formula is C8H15O. The fourth-order valence-corrected chi connectivity index (χ4v) is 1.48. The number of rotatable bonds is 0. The van der Waals surface area contributed by atoms with Crippen LogP contribution in [0.3, 0.4) is 0 Å². The molecule has 0 amide bonds. The van der Waals surface area contributed by atoms with E-state index in [9.17, 15) is 5.11 Å². The summed E-state index contributed by atoms with van der Waals surface area (Å²) in [6, 6.07) is 0. The predicted molar refractivity (Wildman–Crippen MR) is 36.7 cm³/mol. The summed E-state index contributed by atoms with van der Waals surface area (Å²) in [7, 11) is 0.